The van der Waals surface area contributed by atoms with E-state index in [9.17, 15) is 9.59 Å². The van der Waals surface area contributed by atoms with Crippen molar-refractivity contribution in [3.8, 4) is 0 Å². The molecule has 0 radical (unpaired) electrons. The van der Waals surface area contributed by atoms with Crippen molar-refractivity contribution in [3.63, 3.8) is 0 Å². The summed E-state index contributed by atoms with van der Waals surface area (Å²) in [4.78, 5) is 38.2. The third kappa shape index (κ3) is 4.72. The Bertz CT molecular complexity index is 808. The number of nitrogens with zero attached hydrogens (tertiary/aromatic N) is 6. The third-order valence-electron chi connectivity index (χ3n) is 4.31. The van der Waals surface area contributed by atoms with Gasteiger partial charge in [-0.3, -0.25) is 14.7 Å². The Morgan fingerprint density at radius 3 is 2.60 bits per heavy atom. The van der Waals surface area contributed by atoms with E-state index in [-0.39, 0.29) is 0 Å². The number of aromatic amines is 1. The van der Waals surface area contributed by atoms with Crippen LogP contribution >= 0.6 is 0 Å². The van der Waals surface area contributed by atoms with Crippen molar-refractivity contribution < 1.29 is 0 Å². The number of rotatable bonds is 6. The Morgan fingerprint density at radius 1 is 1.12 bits per heavy atom. The highest BCUT2D eigenvalue weighted by Gasteiger charge is 2.18. The molecule has 0 atom stereocenters. The summed E-state index contributed by atoms with van der Waals surface area (Å²) in [5.41, 5.74) is 0.0783. The monoisotopic (exact) mass is 345 g/mol. The van der Waals surface area contributed by atoms with Crippen LogP contribution in [0.1, 0.15) is 18.5 Å². The fourth-order valence-electron chi connectivity index (χ4n) is 2.89. The first-order chi connectivity index (χ1) is 12.1. The van der Waals surface area contributed by atoms with E-state index < -0.39 is 11.2 Å². The summed E-state index contributed by atoms with van der Waals surface area (Å²) in [6.45, 7) is 7.29. The first-order valence-corrected chi connectivity index (χ1v) is 8.55. The van der Waals surface area contributed by atoms with Crippen LogP contribution in [-0.4, -0.2) is 62.4 Å². The zero-order valence-electron chi connectivity index (χ0n) is 14.4. The van der Waals surface area contributed by atoms with Gasteiger partial charge in [0.05, 0.1) is 0 Å². The van der Waals surface area contributed by atoms with Crippen molar-refractivity contribution in [2.75, 3.05) is 37.6 Å². The summed E-state index contributed by atoms with van der Waals surface area (Å²) in [5, 5.41) is 3.84. The van der Waals surface area contributed by atoms with Crippen molar-refractivity contribution in [1.82, 2.24) is 29.6 Å². The minimum Gasteiger partial charge on any atom is -0.338 e. The van der Waals surface area contributed by atoms with E-state index in [1.807, 2.05) is 13.0 Å². The molecule has 0 unspecified atom stereocenters. The van der Waals surface area contributed by atoms with Gasteiger partial charge in [-0.2, -0.15) is 5.10 Å². The fourth-order valence-corrected chi connectivity index (χ4v) is 2.89. The van der Waals surface area contributed by atoms with Crippen LogP contribution in [0.3, 0.4) is 0 Å². The molecule has 0 aliphatic carbocycles. The Hall–Kier alpha value is -2.55. The van der Waals surface area contributed by atoms with Crippen LogP contribution in [0.15, 0.2) is 28.0 Å². The van der Waals surface area contributed by atoms with Gasteiger partial charge in [-0.15, -0.1) is 0 Å². The number of nitrogens with one attached hydrogen (secondary N) is 1. The van der Waals surface area contributed by atoms with E-state index in [2.05, 4.69) is 29.9 Å². The van der Waals surface area contributed by atoms with Crippen molar-refractivity contribution in [2.24, 2.45) is 0 Å². The molecule has 1 fully saturated rings. The molecule has 2 aromatic rings. The second-order valence-corrected chi connectivity index (χ2v) is 6.20. The van der Waals surface area contributed by atoms with Gasteiger partial charge in [0.1, 0.15) is 6.20 Å². The molecule has 3 rings (SSSR count). The van der Waals surface area contributed by atoms with Gasteiger partial charge in [0, 0.05) is 44.6 Å². The minimum absolute atomic E-state index is 0.445. The lowest BCUT2D eigenvalue weighted by molar-refractivity contribution is 0.249. The van der Waals surface area contributed by atoms with Crippen LogP contribution in [0.2, 0.25) is 0 Å². The molecule has 0 bridgehead atoms. The fraction of sp³-hybridized carbons (Fsp3) is 0.562. The number of aryl methyl sites for hydroxylation is 2. The molecule has 2 aromatic heterocycles. The van der Waals surface area contributed by atoms with Gasteiger partial charge in [0.2, 0.25) is 5.95 Å². The molecule has 0 spiro atoms. The summed E-state index contributed by atoms with van der Waals surface area (Å²) < 4.78 is 1.30. The second kappa shape index (κ2) is 8.02. The number of piperazine rings is 1. The molecule has 25 heavy (non-hydrogen) atoms. The Labute approximate surface area is 145 Å². The van der Waals surface area contributed by atoms with E-state index in [1.54, 1.807) is 6.20 Å². The van der Waals surface area contributed by atoms with Crippen LogP contribution < -0.4 is 16.1 Å². The molecule has 1 N–H and O–H groups in total. The lowest BCUT2D eigenvalue weighted by Crippen LogP contribution is -2.47. The van der Waals surface area contributed by atoms with Crippen molar-refractivity contribution in [2.45, 2.75) is 26.3 Å². The number of hydrogen-bond acceptors (Lipinski definition) is 7. The van der Waals surface area contributed by atoms with Crippen LogP contribution in [0.25, 0.3) is 0 Å². The number of unbranched alkanes of at least 4 members (excludes halogenated alkanes) is 1. The highest BCUT2D eigenvalue weighted by Crippen LogP contribution is 2.11. The van der Waals surface area contributed by atoms with Gasteiger partial charge < -0.3 is 4.90 Å². The zero-order valence-corrected chi connectivity index (χ0v) is 14.4. The molecular weight excluding hydrogens is 322 g/mol. The SMILES string of the molecule is Cc1ccnc(N2CCN(CCCCn3ncc(=O)[nH]c3=O)CC2)n1. The molecule has 0 aromatic carbocycles. The van der Waals surface area contributed by atoms with E-state index in [0.717, 1.165) is 63.4 Å². The topological polar surface area (TPSA) is 100 Å². The first-order valence-electron chi connectivity index (χ1n) is 8.55. The molecule has 9 nitrogen and oxygen atoms in total. The smallest absolute Gasteiger partial charge is 0.338 e. The molecule has 1 aliphatic heterocycles. The molecule has 9 heteroatoms. The van der Waals surface area contributed by atoms with Gasteiger partial charge >= 0.3 is 5.69 Å². The summed E-state index contributed by atoms with van der Waals surface area (Å²) >= 11 is 0. The lowest BCUT2D eigenvalue weighted by atomic mass is 10.2. The normalized spacial score (nSPS) is 15.5. The standard InChI is InChI=1S/C16H23N7O2/c1-13-4-5-17-15(19-13)22-10-8-21(9-11-22)6-2-3-7-23-16(25)20-14(24)12-18-23/h4-5,12H,2-3,6-11H2,1H3,(H,20,24,25). The number of H-pyrrole nitrogens is 1. The lowest BCUT2D eigenvalue weighted by Gasteiger charge is -2.34. The van der Waals surface area contributed by atoms with Crippen molar-refractivity contribution >= 4 is 5.95 Å². The Balaban J connectivity index is 1.39. The zero-order chi connectivity index (χ0) is 17.6. The molecule has 1 saturated heterocycles. The predicted octanol–water partition coefficient (Wildman–Crippen LogP) is -0.368. The second-order valence-electron chi connectivity index (χ2n) is 6.20. The van der Waals surface area contributed by atoms with E-state index >= 15 is 0 Å². The van der Waals surface area contributed by atoms with Gasteiger partial charge in [-0.1, -0.05) is 0 Å². The average molecular weight is 345 g/mol. The Morgan fingerprint density at radius 2 is 1.88 bits per heavy atom. The van der Waals surface area contributed by atoms with Crippen LogP contribution in [-0.2, 0) is 6.54 Å². The largest absolute Gasteiger partial charge is 0.344 e. The predicted molar refractivity (Wildman–Crippen MR) is 93.8 cm³/mol. The van der Waals surface area contributed by atoms with E-state index in [4.69, 9.17) is 0 Å². The van der Waals surface area contributed by atoms with E-state index in [1.165, 1.54) is 4.68 Å². The number of aromatic nitrogens is 5. The van der Waals surface area contributed by atoms with Crippen LogP contribution in [0, 0.1) is 6.92 Å². The average Bonchev–Trinajstić information content (AvgIpc) is 2.61. The molecule has 0 saturated carbocycles. The number of hydrogen-bond donors (Lipinski definition) is 1. The summed E-state index contributed by atoms with van der Waals surface area (Å²) in [6.07, 6.45) is 4.76. The van der Waals surface area contributed by atoms with Crippen LogP contribution in [0.4, 0.5) is 5.95 Å². The van der Waals surface area contributed by atoms with Gasteiger partial charge in [-0.25, -0.2) is 19.4 Å². The summed E-state index contributed by atoms with van der Waals surface area (Å²) in [7, 11) is 0. The van der Waals surface area contributed by atoms with Gasteiger partial charge in [0.15, 0.2) is 0 Å². The quantitative estimate of drug-likeness (QED) is 0.713. The third-order valence-corrected chi connectivity index (χ3v) is 4.31. The maximum atomic E-state index is 11.5. The van der Waals surface area contributed by atoms with E-state index in [0.29, 0.717) is 6.54 Å². The first kappa shape index (κ1) is 17.3. The molecule has 0 amide bonds. The number of anilines is 1. The molecule has 134 valence electrons. The summed E-state index contributed by atoms with van der Waals surface area (Å²) in [6, 6.07) is 1.91. The molecule has 1 aliphatic rings. The molecular formula is C16H23N7O2. The van der Waals surface area contributed by atoms with Gasteiger partial charge in [0.25, 0.3) is 5.56 Å². The van der Waals surface area contributed by atoms with Gasteiger partial charge in [-0.05, 0) is 32.4 Å². The molecule has 3 heterocycles. The highest BCUT2D eigenvalue weighted by atomic mass is 16.2. The van der Waals surface area contributed by atoms with Crippen LogP contribution in [0.5, 0.6) is 0 Å². The highest BCUT2D eigenvalue weighted by molar-refractivity contribution is 5.30. The van der Waals surface area contributed by atoms with Crippen molar-refractivity contribution in [3.05, 3.63) is 45.0 Å². The van der Waals surface area contributed by atoms with Crippen molar-refractivity contribution in [1.29, 1.82) is 0 Å². The maximum Gasteiger partial charge on any atom is 0.344 e. The summed E-state index contributed by atoms with van der Waals surface area (Å²) in [5.74, 6) is 0.808. The Kier molecular flexibility index (Phi) is 5.54. The maximum absolute atomic E-state index is 11.5. The minimum atomic E-state index is -0.461.